The van der Waals surface area contributed by atoms with Crippen molar-refractivity contribution in [3.63, 3.8) is 0 Å². The normalized spacial score (nSPS) is 10.7. The van der Waals surface area contributed by atoms with Crippen LogP contribution in [0.4, 0.5) is 17.1 Å². The van der Waals surface area contributed by atoms with Crippen molar-refractivity contribution in [2.45, 2.75) is 0 Å². The Kier molecular flexibility index (Phi) is 3.41. The van der Waals surface area contributed by atoms with E-state index < -0.39 is 9.85 Å². The number of nitrogens with zero attached hydrogens (tertiary/aromatic N) is 6. The van der Waals surface area contributed by atoms with Crippen LogP contribution in [0.2, 0.25) is 0 Å². The van der Waals surface area contributed by atoms with Crippen molar-refractivity contribution in [1.82, 2.24) is 19.9 Å². The number of hydrogen-bond acceptors (Lipinski definition) is 9. The number of anilines is 1. The van der Waals surface area contributed by atoms with Gasteiger partial charge in [-0.25, -0.2) is 0 Å². The molecule has 3 rings (SSSR count). The zero-order valence-electron chi connectivity index (χ0n) is 12.1. The lowest BCUT2D eigenvalue weighted by molar-refractivity contribution is -0.384. The fourth-order valence-corrected chi connectivity index (χ4v) is 2.04. The van der Waals surface area contributed by atoms with E-state index in [9.17, 15) is 20.2 Å². The Balaban J connectivity index is 2.05. The van der Waals surface area contributed by atoms with E-state index in [1.807, 2.05) is 0 Å². The Morgan fingerprint density at radius 3 is 2.58 bits per heavy atom. The lowest BCUT2D eigenvalue weighted by Crippen LogP contribution is -1.96. The van der Waals surface area contributed by atoms with Crippen LogP contribution in [0.5, 0.6) is 0 Å². The van der Waals surface area contributed by atoms with E-state index in [1.54, 1.807) is 0 Å². The second-order valence-corrected chi connectivity index (χ2v) is 4.75. The number of rotatable bonds is 4. The second kappa shape index (κ2) is 5.42. The number of nitrogen functional groups attached to an aromatic ring is 1. The highest BCUT2D eigenvalue weighted by atomic mass is 16.6. The van der Waals surface area contributed by atoms with Crippen LogP contribution >= 0.6 is 0 Å². The van der Waals surface area contributed by atoms with Crippen molar-refractivity contribution < 1.29 is 14.4 Å². The minimum atomic E-state index is -0.635. The third kappa shape index (κ3) is 2.51. The molecule has 2 N–H and O–H groups in total. The molecular formula is C12H9N7O5. The van der Waals surface area contributed by atoms with Gasteiger partial charge in [0.2, 0.25) is 11.5 Å². The molecule has 0 amide bonds. The van der Waals surface area contributed by atoms with Crippen LogP contribution in [0.25, 0.3) is 23.0 Å². The fourth-order valence-electron chi connectivity index (χ4n) is 2.04. The zero-order chi connectivity index (χ0) is 17.4. The third-order valence-electron chi connectivity index (χ3n) is 3.12. The van der Waals surface area contributed by atoms with Crippen molar-refractivity contribution in [3.05, 3.63) is 44.6 Å². The molecule has 0 aliphatic rings. The molecule has 0 spiro atoms. The van der Waals surface area contributed by atoms with Gasteiger partial charge in [0.1, 0.15) is 11.9 Å². The van der Waals surface area contributed by atoms with Crippen molar-refractivity contribution in [3.8, 4) is 23.0 Å². The number of benzene rings is 1. The van der Waals surface area contributed by atoms with Crippen LogP contribution in [0.3, 0.4) is 0 Å². The first-order chi connectivity index (χ1) is 11.4. The molecule has 0 fully saturated rings. The molecule has 0 unspecified atom stereocenters. The summed E-state index contributed by atoms with van der Waals surface area (Å²) in [6.45, 7) is 0. The van der Waals surface area contributed by atoms with Gasteiger partial charge < -0.3 is 10.3 Å². The van der Waals surface area contributed by atoms with Crippen molar-refractivity contribution in [2.75, 3.05) is 5.73 Å². The molecule has 0 atom stereocenters. The molecule has 2 heterocycles. The topological polar surface area (TPSA) is 169 Å². The van der Waals surface area contributed by atoms with Gasteiger partial charge in [0.25, 0.3) is 11.6 Å². The van der Waals surface area contributed by atoms with Crippen LogP contribution in [0.1, 0.15) is 0 Å². The van der Waals surface area contributed by atoms with E-state index in [2.05, 4.69) is 15.2 Å². The summed E-state index contributed by atoms with van der Waals surface area (Å²) in [4.78, 5) is 24.7. The van der Waals surface area contributed by atoms with Crippen molar-refractivity contribution in [2.24, 2.45) is 7.05 Å². The summed E-state index contributed by atoms with van der Waals surface area (Å²) < 4.78 is 6.24. The smallest absolute Gasteiger partial charge is 0.320 e. The highest BCUT2D eigenvalue weighted by molar-refractivity contribution is 5.70. The van der Waals surface area contributed by atoms with Gasteiger partial charge in [-0.15, -0.1) is 0 Å². The average Bonchev–Trinajstić information content (AvgIpc) is 3.13. The maximum Gasteiger partial charge on any atom is 0.320 e. The predicted molar refractivity (Wildman–Crippen MR) is 79.7 cm³/mol. The van der Waals surface area contributed by atoms with E-state index in [1.165, 1.54) is 36.1 Å². The summed E-state index contributed by atoms with van der Waals surface area (Å²) in [5, 5.41) is 29.5. The van der Waals surface area contributed by atoms with E-state index in [4.69, 9.17) is 10.3 Å². The van der Waals surface area contributed by atoms with Crippen LogP contribution in [-0.4, -0.2) is 29.8 Å². The molecule has 122 valence electrons. The molecule has 0 aliphatic heterocycles. The fraction of sp³-hybridized carbons (Fsp3) is 0.0833. The van der Waals surface area contributed by atoms with Gasteiger partial charge in [0, 0.05) is 18.7 Å². The number of nitro benzene ring substituents is 1. The van der Waals surface area contributed by atoms with E-state index >= 15 is 0 Å². The Morgan fingerprint density at radius 1 is 1.21 bits per heavy atom. The van der Waals surface area contributed by atoms with Gasteiger partial charge in [-0.2, -0.15) is 10.1 Å². The van der Waals surface area contributed by atoms with Gasteiger partial charge in [0.05, 0.1) is 9.85 Å². The zero-order valence-corrected chi connectivity index (χ0v) is 12.1. The third-order valence-corrected chi connectivity index (χ3v) is 3.12. The molecule has 0 radical (unpaired) electrons. The number of nitro groups is 2. The number of aryl methyl sites for hydroxylation is 1. The summed E-state index contributed by atoms with van der Waals surface area (Å²) in [6.07, 6.45) is 1.20. The van der Waals surface area contributed by atoms with E-state index in [0.29, 0.717) is 0 Å². The van der Waals surface area contributed by atoms with Gasteiger partial charge in [-0.3, -0.25) is 24.9 Å². The van der Waals surface area contributed by atoms with Gasteiger partial charge in [-0.1, -0.05) is 5.16 Å². The number of aromatic nitrogens is 4. The number of hydrogen-bond donors (Lipinski definition) is 1. The minimum Gasteiger partial charge on any atom is -0.393 e. The molecular weight excluding hydrogens is 322 g/mol. The monoisotopic (exact) mass is 331 g/mol. The molecule has 0 bridgehead atoms. The first-order valence-electron chi connectivity index (χ1n) is 6.43. The van der Waals surface area contributed by atoms with E-state index in [-0.39, 0.29) is 40.0 Å². The molecule has 0 aliphatic carbocycles. The summed E-state index contributed by atoms with van der Waals surface area (Å²) in [7, 11) is 1.51. The van der Waals surface area contributed by atoms with Crippen LogP contribution in [0.15, 0.2) is 28.9 Å². The second-order valence-electron chi connectivity index (χ2n) is 4.75. The maximum absolute atomic E-state index is 11.0. The van der Waals surface area contributed by atoms with Crippen LogP contribution in [0, 0.1) is 20.2 Å². The summed E-state index contributed by atoms with van der Waals surface area (Å²) in [5.74, 6) is -0.148. The Bertz CT molecular complexity index is 961. The largest absolute Gasteiger partial charge is 0.393 e. The Morgan fingerprint density at radius 2 is 1.92 bits per heavy atom. The molecule has 12 heteroatoms. The summed E-state index contributed by atoms with van der Waals surface area (Å²) in [5.41, 5.74) is 5.11. The molecule has 24 heavy (non-hydrogen) atoms. The highest BCUT2D eigenvalue weighted by Gasteiger charge is 2.26. The summed E-state index contributed by atoms with van der Waals surface area (Å²) >= 11 is 0. The molecule has 1 aromatic carbocycles. The first kappa shape index (κ1) is 15.1. The highest BCUT2D eigenvalue weighted by Crippen LogP contribution is 2.31. The van der Waals surface area contributed by atoms with Gasteiger partial charge in [0.15, 0.2) is 0 Å². The maximum atomic E-state index is 11.0. The van der Waals surface area contributed by atoms with Crippen LogP contribution < -0.4 is 5.73 Å². The number of nitrogens with two attached hydrogens (primary N) is 1. The summed E-state index contributed by atoms with van der Waals surface area (Å²) in [6, 6.07) is 4.01. The SMILES string of the molecule is Cn1cc([N+](=O)[O-])c(-c2nc(-c3ccc(N)c([N+](=O)[O-])c3)no2)n1. The van der Waals surface area contributed by atoms with Crippen molar-refractivity contribution >= 4 is 17.1 Å². The molecule has 0 saturated carbocycles. The van der Waals surface area contributed by atoms with Gasteiger partial charge in [-0.05, 0) is 12.1 Å². The van der Waals surface area contributed by atoms with E-state index in [0.717, 1.165) is 0 Å². The van der Waals surface area contributed by atoms with Gasteiger partial charge >= 0.3 is 5.69 Å². The lowest BCUT2D eigenvalue weighted by Gasteiger charge is -1.98. The Hall–Kier alpha value is -3.83. The molecule has 3 aromatic rings. The minimum absolute atomic E-state index is 0.00664. The molecule has 0 saturated heterocycles. The predicted octanol–water partition coefficient (Wildman–Crippen LogP) is 1.54. The quantitative estimate of drug-likeness (QED) is 0.423. The standard InChI is InChI=1S/C12H9N7O5/c1-17-5-9(19(22)23)10(15-17)12-14-11(16-24-12)6-2-3-7(13)8(4-6)18(20)21/h2-5H,13H2,1H3. The Labute approximate surface area is 132 Å². The first-order valence-corrected chi connectivity index (χ1v) is 6.43. The molecule has 12 nitrogen and oxygen atoms in total. The average molecular weight is 331 g/mol. The lowest BCUT2D eigenvalue weighted by atomic mass is 10.1. The van der Waals surface area contributed by atoms with Crippen molar-refractivity contribution in [1.29, 1.82) is 0 Å². The van der Waals surface area contributed by atoms with Crippen LogP contribution in [-0.2, 0) is 7.05 Å². The molecule has 2 aromatic heterocycles.